The van der Waals surface area contributed by atoms with Gasteiger partial charge in [-0.1, -0.05) is 20.8 Å². The lowest BCUT2D eigenvalue weighted by molar-refractivity contribution is -0.219. The summed E-state index contributed by atoms with van der Waals surface area (Å²) in [6, 6.07) is 0. The Morgan fingerprint density at radius 1 is 1.24 bits per heavy atom. The molecule has 4 nitrogen and oxygen atoms in total. The maximum Gasteiger partial charge on any atom is 0.425 e. The first-order valence-corrected chi connectivity index (χ1v) is 6.99. The highest BCUT2D eigenvalue weighted by molar-refractivity contribution is 5.82. The van der Waals surface area contributed by atoms with E-state index in [0.717, 1.165) is 6.92 Å². The number of hydrogen-bond donors (Lipinski definition) is 0. The van der Waals surface area contributed by atoms with Crippen molar-refractivity contribution >= 4 is 11.9 Å². The molecule has 0 bridgehead atoms. The predicted molar refractivity (Wildman–Crippen MR) is 70.4 cm³/mol. The molecule has 1 aliphatic rings. The van der Waals surface area contributed by atoms with Gasteiger partial charge in [-0.15, -0.1) is 0 Å². The second-order valence-corrected chi connectivity index (χ2v) is 6.46. The highest BCUT2D eigenvalue weighted by Crippen LogP contribution is 2.27. The zero-order valence-corrected chi connectivity index (χ0v) is 12.8. The topological polar surface area (TPSA) is 46.6 Å². The smallest absolute Gasteiger partial charge is 0.425 e. The van der Waals surface area contributed by atoms with Crippen molar-refractivity contribution < 1.29 is 27.5 Å². The Labute approximate surface area is 122 Å². The third-order valence-electron chi connectivity index (χ3n) is 3.44. The van der Waals surface area contributed by atoms with Gasteiger partial charge in [0.2, 0.25) is 5.91 Å². The molecule has 1 amide bonds. The number of carbonyl (C=O) groups excluding carboxylic acids is 2. The number of nitrogens with zero attached hydrogens (tertiary/aromatic N) is 1. The minimum Gasteiger partial charge on any atom is -0.453 e. The molecule has 0 aliphatic carbocycles. The van der Waals surface area contributed by atoms with E-state index >= 15 is 0 Å². The fourth-order valence-corrected chi connectivity index (χ4v) is 2.17. The summed E-state index contributed by atoms with van der Waals surface area (Å²) in [4.78, 5) is 25.5. The summed E-state index contributed by atoms with van der Waals surface area (Å²) in [7, 11) is 0. The van der Waals surface area contributed by atoms with Crippen LogP contribution in [0.5, 0.6) is 0 Å². The summed E-state index contributed by atoms with van der Waals surface area (Å²) in [5.41, 5.74) is -0.578. The molecule has 1 fully saturated rings. The maximum absolute atomic E-state index is 12.4. The van der Waals surface area contributed by atoms with Gasteiger partial charge < -0.3 is 9.64 Å². The van der Waals surface area contributed by atoms with E-state index in [2.05, 4.69) is 4.74 Å². The van der Waals surface area contributed by atoms with Crippen LogP contribution in [0.15, 0.2) is 0 Å². The molecule has 1 heterocycles. The molecule has 1 saturated heterocycles. The largest absolute Gasteiger partial charge is 0.453 e. The van der Waals surface area contributed by atoms with Gasteiger partial charge in [-0.05, 0) is 19.8 Å². The fourth-order valence-electron chi connectivity index (χ4n) is 2.17. The first-order valence-electron chi connectivity index (χ1n) is 6.99. The lowest BCUT2D eigenvalue weighted by atomic mass is 9.91. The SMILES string of the molecule is CC(OC(=O)C1CCCN(C(=O)C(C)(C)C)C1)C(F)(F)F. The van der Waals surface area contributed by atoms with E-state index in [0.29, 0.717) is 19.4 Å². The van der Waals surface area contributed by atoms with Gasteiger partial charge in [0.05, 0.1) is 5.92 Å². The van der Waals surface area contributed by atoms with Crippen molar-refractivity contribution in [1.29, 1.82) is 0 Å². The summed E-state index contributed by atoms with van der Waals surface area (Å²) in [6.07, 6.45) is -5.66. The molecule has 1 aliphatic heterocycles. The normalized spacial score (nSPS) is 21.9. The standard InChI is InChI=1S/C14H22F3NO3/c1-9(14(15,16)17)21-11(19)10-6-5-7-18(8-10)12(20)13(2,3)4/h9-10H,5-8H2,1-4H3. The van der Waals surface area contributed by atoms with E-state index < -0.39 is 29.6 Å². The van der Waals surface area contributed by atoms with Crippen LogP contribution in [0.1, 0.15) is 40.5 Å². The molecule has 0 saturated carbocycles. The summed E-state index contributed by atoms with van der Waals surface area (Å²) < 4.78 is 41.7. The van der Waals surface area contributed by atoms with Crippen molar-refractivity contribution in [3.63, 3.8) is 0 Å². The summed E-state index contributed by atoms with van der Waals surface area (Å²) in [5.74, 6) is -1.68. The van der Waals surface area contributed by atoms with E-state index in [1.54, 1.807) is 20.8 Å². The molecule has 1 rings (SSSR count). The van der Waals surface area contributed by atoms with Gasteiger partial charge in [0.1, 0.15) is 0 Å². The summed E-state index contributed by atoms with van der Waals surface area (Å²) in [6.45, 7) is 6.75. The Kier molecular flexibility index (Phi) is 5.28. The van der Waals surface area contributed by atoms with Crippen LogP contribution in [0.25, 0.3) is 0 Å². The zero-order chi connectivity index (χ0) is 16.4. The highest BCUT2D eigenvalue weighted by Gasteiger charge is 2.41. The predicted octanol–water partition coefficient (Wildman–Crippen LogP) is 2.77. The molecular weight excluding hydrogens is 287 g/mol. The number of likely N-dealkylation sites (tertiary alicyclic amines) is 1. The van der Waals surface area contributed by atoms with Gasteiger partial charge in [-0.2, -0.15) is 13.2 Å². The quantitative estimate of drug-likeness (QED) is 0.737. The highest BCUT2D eigenvalue weighted by atomic mass is 19.4. The van der Waals surface area contributed by atoms with Gasteiger partial charge in [-0.3, -0.25) is 9.59 Å². The van der Waals surface area contributed by atoms with Gasteiger partial charge in [0.25, 0.3) is 0 Å². The average molecular weight is 309 g/mol. The van der Waals surface area contributed by atoms with E-state index in [9.17, 15) is 22.8 Å². The molecule has 2 unspecified atom stereocenters. The average Bonchev–Trinajstić information content (AvgIpc) is 2.35. The van der Waals surface area contributed by atoms with Crippen LogP contribution < -0.4 is 0 Å². The Morgan fingerprint density at radius 3 is 2.29 bits per heavy atom. The minimum absolute atomic E-state index is 0.108. The molecule has 21 heavy (non-hydrogen) atoms. The van der Waals surface area contributed by atoms with Crippen molar-refractivity contribution in [2.75, 3.05) is 13.1 Å². The molecular formula is C14H22F3NO3. The monoisotopic (exact) mass is 309 g/mol. The number of alkyl halides is 3. The summed E-state index contributed by atoms with van der Waals surface area (Å²) in [5, 5.41) is 0. The maximum atomic E-state index is 12.4. The van der Waals surface area contributed by atoms with Crippen LogP contribution in [-0.2, 0) is 14.3 Å². The second-order valence-electron chi connectivity index (χ2n) is 6.46. The Balaban J connectivity index is 2.64. The first-order chi connectivity index (χ1) is 9.43. The fraction of sp³-hybridized carbons (Fsp3) is 0.857. The lowest BCUT2D eigenvalue weighted by Gasteiger charge is -2.35. The van der Waals surface area contributed by atoms with Crippen molar-refractivity contribution in [3.05, 3.63) is 0 Å². The van der Waals surface area contributed by atoms with Gasteiger partial charge in [0, 0.05) is 18.5 Å². The Hall–Kier alpha value is -1.27. The zero-order valence-electron chi connectivity index (χ0n) is 12.8. The molecule has 0 radical (unpaired) electrons. The number of carbonyl (C=O) groups is 2. The van der Waals surface area contributed by atoms with E-state index in [1.807, 2.05) is 0 Å². The van der Waals surface area contributed by atoms with Crippen molar-refractivity contribution in [2.24, 2.45) is 11.3 Å². The number of hydrogen-bond acceptors (Lipinski definition) is 3. The number of halogens is 3. The lowest BCUT2D eigenvalue weighted by Crippen LogP contribution is -2.47. The molecule has 0 spiro atoms. The van der Waals surface area contributed by atoms with Crippen molar-refractivity contribution in [1.82, 2.24) is 4.90 Å². The van der Waals surface area contributed by atoms with Gasteiger partial charge >= 0.3 is 12.1 Å². The number of rotatable bonds is 2. The number of esters is 1. The van der Waals surface area contributed by atoms with Gasteiger partial charge in [-0.25, -0.2) is 0 Å². The van der Waals surface area contributed by atoms with Crippen LogP contribution in [0, 0.1) is 11.3 Å². The second kappa shape index (κ2) is 6.23. The van der Waals surface area contributed by atoms with Crippen LogP contribution in [0.4, 0.5) is 13.2 Å². The Bertz CT molecular complexity index is 401. The first kappa shape index (κ1) is 17.8. The van der Waals surface area contributed by atoms with Crippen LogP contribution >= 0.6 is 0 Å². The molecule has 122 valence electrons. The summed E-state index contributed by atoms with van der Waals surface area (Å²) >= 11 is 0. The third-order valence-corrected chi connectivity index (χ3v) is 3.44. The van der Waals surface area contributed by atoms with E-state index in [1.165, 1.54) is 4.90 Å². The van der Waals surface area contributed by atoms with Crippen LogP contribution in [0.2, 0.25) is 0 Å². The van der Waals surface area contributed by atoms with E-state index in [-0.39, 0.29) is 12.5 Å². The van der Waals surface area contributed by atoms with Crippen molar-refractivity contribution in [3.8, 4) is 0 Å². The third kappa shape index (κ3) is 4.89. The Morgan fingerprint density at radius 2 is 1.81 bits per heavy atom. The number of ether oxygens (including phenoxy) is 1. The van der Waals surface area contributed by atoms with E-state index in [4.69, 9.17) is 0 Å². The molecule has 0 aromatic carbocycles. The number of piperidine rings is 1. The van der Waals surface area contributed by atoms with Crippen LogP contribution in [-0.4, -0.2) is 42.1 Å². The molecule has 0 aromatic rings. The van der Waals surface area contributed by atoms with Crippen LogP contribution in [0.3, 0.4) is 0 Å². The molecule has 7 heteroatoms. The minimum atomic E-state index is -4.56. The molecule has 0 N–H and O–H groups in total. The molecule has 2 atom stereocenters. The number of amides is 1. The van der Waals surface area contributed by atoms with Gasteiger partial charge in [0.15, 0.2) is 6.10 Å². The van der Waals surface area contributed by atoms with Crippen molar-refractivity contribution in [2.45, 2.75) is 52.8 Å². The molecule has 0 aromatic heterocycles.